The molecule has 0 aliphatic carbocycles. The highest BCUT2D eigenvalue weighted by molar-refractivity contribution is 6.62. The zero-order valence-corrected chi connectivity index (χ0v) is 20.1. The molecular weight excluding hydrogens is 432 g/mol. The van der Waals surface area contributed by atoms with Gasteiger partial charge in [0.05, 0.1) is 23.2 Å². The number of hydrogen-bond donors (Lipinski definition) is 0. The minimum atomic E-state index is -4.58. The minimum absolute atomic E-state index is 0.0496. The third-order valence-electron chi connectivity index (χ3n) is 5.92. The van der Waals surface area contributed by atoms with E-state index < -0.39 is 35.7 Å². The van der Waals surface area contributed by atoms with Crippen LogP contribution in [0.2, 0.25) is 0 Å². The molecule has 1 fully saturated rings. The zero-order chi connectivity index (χ0) is 24.8. The summed E-state index contributed by atoms with van der Waals surface area (Å²) in [5.74, 6) is -0.360. The quantitative estimate of drug-likeness (QED) is 0.441. The first-order chi connectivity index (χ1) is 15.0. The van der Waals surface area contributed by atoms with Gasteiger partial charge in [0.2, 0.25) is 0 Å². The van der Waals surface area contributed by atoms with Gasteiger partial charge in [-0.2, -0.15) is 13.2 Å². The molecule has 0 N–H and O–H groups in total. The maximum absolute atomic E-state index is 14.0. The van der Waals surface area contributed by atoms with Crippen LogP contribution in [0.1, 0.15) is 59.6 Å². The number of carbonyl (C=O) groups excluding carboxylic acids is 1. The smallest absolute Gasteiger partial charge is 0.460 e. The van der Waals surface area contributed by atoms with Crippen molar-refractivity contribution >= 4 is 18.6 Å². The highest BCUT2D eigenvalue weighted by Gasteiger charge is 2.53. The van der Waals surface area contributed by atoms with Crippen molar-refractivity contribution < 1.29 is 32.0 Å². The Kier molecular flexibility index (Phi) is 6.50. The van der Waals surface area contributed by atoms with Gasteiger partial charge >= 0.3 is 19.3 Å². The average Bonchev–Trinajstić information content (AvgIpc) is 2.87. The molecule has 1 aliphatic heterocycles. The lowest BCUT2D eigenvalue weighted by molar-refractivity contribution is -0.153. The predicted octanol–water partition coefficient (Wildman–Crippen LogP) is 5.56. The molecule has 4 nitrogen and oxygen atoms in total. The van der Waals surface area contributed by atoms with E-state index >= 15 is 0 Å². The van der Waals surface area contributed by atoms with Crippen LogP contribution in [-0.2, 0) is 31.4 Å². The molecule has 1 aliphatic rings. The monoisotopic (exact) mass is 462 g/mol. The SMILES string of the molecule is CC(C)(C)OC(=O)Cc1ccc(-c2ccc(B3OC(C)(C)C(C)(C)O3)c(C(F)(F)F)c2)cc1. The van der Waals surface area contributed by atoms with Gasteiger partial charge in [-0.25, -0.2) is 0 Å². The summed E-state index contributed by atoms with van der Waals surface area (Å²) in [7, 11) is -1.11. The summed E-state index contributed by atoms with van der Waals surface area (Å²) in [6.07, 6.45) is -4.49. The number of halogens is 3. The van der Waals surface area contributed by atoms with Crippen molar-refractivity contribution in [3.05, 3.63) is 53.6 Å². The van der Waals surface area contributed by atoms with E-state index in [0.29, 0.717) is 11.1 Å². The molecule has 0 aromatic heterocycles. The highest BCUT2D eigenvalue weighted by atomic mass is 19.4. The molecule has 8 heteroatoms. The Morgan fingerprint density at radius 1 is 0.909 bits per heavy atom. The summed E-state index contributed by atoms with van der Waals surface area (Å²) in [6.45, 7) is 12.6. The molecule has 1 heterocycles. The van der Waals surface area contributed by atoms with Gasteiger partial charge in [0.15, 0.2) is 0 Å². The normalized spacial score (nSPS) is 17.8. The van der Waals surface area contributed by atoms with Crippen LogP contribution >= 0.6 is 0 Å². The van der Waals surface area contributed by atoms with Crippen molar-refractivity contribution in [1.82, 2.24) is 0 Å². The highest BCUT2D eigenvalue weighted by Crippen LogP contribution is 2.39. The van der Waals surface area contributed by atoms with E-state index in [1.54, 1.807) is 78.8 Å². The van der Waals surface area contributed by atoms with Crippen LogP contribution in [0, 0.1) is 0 Å². The Balaban J connectivity index is 1.87. The van der Waals surface area contributed by atoms with Gasteiger partial charge in [-0.15, -0.1) is 0 Å². The molecule has 0 radical (unpaired) electrons. The van der Waals surface area contributed by atoms with E-state index in [4.69, 9.17) is 14.0 Å². The largest absolute Gasteiger partial charge is 0.495 e. The van der Waals surface area contributed by atoms with Crippen LogP contribution in [0.5, 0.6) is 0 Å². The van der Waals surface area contributed by atoms with Crippen molar-refractivity contribution in [2.24, 2.45) is 0 Å². The summed E-state index contributed by atoms with van der Waals surface area (Å²) in [6, 6.07) is 11.0. The lowest BCUT2D eigenvalue weighted by Crippen LogP contribution is -2.41. The summed E-state index contributed by atoms with van der Waals surface area (Å²) in [4.78, 5) is 12.0. The number of hydrogen-bond acceptors (Lipinski definition) is 4. The summed E-state index contributed by atoms with van der Waals surface area (Å²) < 4.78 is 58.9. The first kappa shape index (κ1) is 25.3. The number of benzene rings is 2. The van der Waals surface area contributed by atoms with E-state index in [2.05, 4.69) is 0 Å². The third-order valence-corrected chi connectivity index (χ3v) is 5.92. The molecule has 2 aromatic rings. The van der Waals surface area contributed by atoms with E-state index in [9.17, 15) is 18.0 Å². The van der Waals surface area contributed by atoms with E-state index in [1.165, 1.54) is 6.07 Å². The fourth-order valence-electron chi connectivity index (χ4n) is 3.52. The molecule has 0 spiro atoms. The molecule has 0 saturated carbocycles. The molecule has 2 aromatic carbocycles. The van der Waals surface area contributed by atoms with Gasteiger partial charge in [-0.1, -0.05) is 36.4 Å². The summed E-state index contributed by atoms with van der Waals surface area (Å²) in [5, 5.41) is 0. The maximum Gasteiger partial charge on any atom is 0.495 e. The van der Waals surface area contributed by atoms with Crippen molar-refractivity contribution in [2.75, 3.05) is 0 Å². The number of ether oxygens (including phenoxy) is 1. The Morgan fingerprint density at radius 2 is 1.42 bits per heavy atom. The Labute approximate surface area is 193 Å². The van der Waals surface area contributed by atoms with Gasteiger partial charge in [0, 0.05) is 0 Å². The first-order valence-corrected chi connectivity index (χ1v) is 10.9. The van der Waals surface area contributed by atoms with Crippen LogP contribution in [-0.4, -0.2) is 29.9 Å². The minimum Gasteiger partial charge on any atom is -0.460 e. The summed E-state index contributed by atoms with van der Waals surface area (Å²) >= 11 is 0. The lowest BCUT2D eigenvalue weighted by atomic mass is 9.75. The molecule has 178 valence electrons. The molecular formula is C25H30BF3O4. The Morgan fingerprint density at radius 3 is 1.91 bits per heavy atom. The fraction of sp³-hybridized carbons (Fsp3) is 0.480. The van der Waals surface area contributed by atoms with E-state index in [-0.39, 0.29) is 17.9 Å². The molecule has 33 heavy (non-hydrogen) atoms. The third kappa shape index (κ3) is 5.79. The first-order valence-electron chi connectivity index (χ1n) is 10.9. The second-order valence-electron chi connectivity index (χ2n) is 10.3. The van der Waals surface area contributed by atoms with Gasteiger partial charge < -0.3 is 14.0 Å². The molecule has 3 rings (SSSR count). The molecule has 1 saturated heterocycles. The van der Waals surface area contributed by atoms with Crippen molar-refractivity contribution in [2.45, 2.75) is 77.9 Å². The van der Waals surface area contributed by atoms with Crippen molar-refractivity contribution in [1.29, 1.82) is 0 Å². The van der Waals surface area contributed by atoms with Gasteiger partial charge in [-0.3, -0.25) is 4.79 Å². The maximum atomic E-state index is 14.0. The van der Waals surface area contributed by atoms with Crippen LogP contribution in [0.25, 0.3) is 11.1 Å². The molecule has 0 bridgehead atoms. The van der Waals surface area contributed by atoms with Crippen LogP contribution in [0.15, 0.2) is 42.5 Å². The Hall–Kier alpha value is -2.32. The predicted molar refractivity (Wildman–Crippen MR) is 122 cm³/mol. The average molecular weight is 462 g/mol. The van der Waals surface area contributed by atoms with Crippen molar-refractivity contribution in [3.63, 3.8) is 0 Å². The summed E-state index contributed by atoms with van der Waals surface area (Å²) in [5.41, 5.74) is -1.18. The van der Waals surface area contributed by atoms with E-state index in [0.717, 1.165) is 11.6 Å². The number of rotatable bonds is 4. The number of alkyl halides is 3. The van der Waals surface area contributed by atoms with Crippen molar-refractivity contribution in [3.8, 4) is 11.1 Å². The van der Waals surface area contributed by atoms with Gasteiger partial charge in [0.1, 0.15) is 5.60 Å². The molecule has 0 amide bonds. The van der Waals surface area contributed by atoms with Crippen LogP contribution in [0.3, 0.4) is 0 Å². The number of esters is 1. The fourth-order valence-corrected chi connectivity index (χ4v) is 3.52. The van der Waals surface area contributed by atoms with Gasteiger partial charge in [-0.05, 0) is 76.7 Å². The molecule has 0 unspecified atom stereocenters. The zero-order valence-electron chi connectivity index (χ0n) is 20.1. The second-order valence-corrected chi connectivity index (χ2v) is 10.3. The Bertz CT molecular complexity index is 1010. The number of carbonyl (C=O) groups is 1. The lowest BCUT2D eigenvalue weighted by Gasteiger charge is -2.32. The molecule has 0 atom stereocenters. The second kappa shape index (κ2) is 8.47. The van der Waals surface area contributed by atoms with Crippen LogP contribution < -0.4 is 5.46 Å². The van der Waals surface area contributed by atoms with E-state index in [1.807, 2.05) is 0 Å². The topological polar surface area (TPSA) is 44.8 Å². The van der Waals surface area contributed by atoms with Gasteiger partial charge in [0.25, 0.3) is 0 Å². The standard InChI is InChI=1S/C25H30BF3O4/c1-22(2,3)31-21(30)14-16-8-10-17(11-9-16)18-12-13-20(19(15-18)25(27,28)29)26-32-23(4,5)24(6,7)33-26/h8-13,15H,14H2,1-7H3. The van der Waals surface area contributed by atoms with Crippen LogP contribution in [0.4, 0.5) is 13.2 Å².